The minimum Gasteiger partial charge on any atom is -0.481 e. The van der Waals surface area contributed by atoms with Crippen molar-refractivity contribution < 1.29 is 29.4 Å². The third-order valence-electron chi connectivity index (χ3n) is 5.88. The molecule has 2 aromatic carbocycles. The van der Waals surface area contributed by atoms with Crippen LogP contribution in [0, 0.1) is 0 Å². The highest BCUT2D eigenvalue weighted by atomic mass is 16.4. The van der Waals surface area contributed by atoms with Crippen LogP contribution in [0.3, 0.4) is 0 Å². The number of benzene rings is 2. The van der Waals surface area contributed by atoms with Crippen molar-refractivity contribution >= 4 is 23.6 Å². The predicted octanol–water partition coefficient (Wildman–Crippen LogP) is 2.61. The molecular formula is C25H28N2O6. The number of fused-ring (bicyclic) bond motifs is 3. The zero-order valence-electron chi connectivity index (χ0n) is 18.3. The molecule has 0 bridgehead atoms. The van der Waals surface area contributed by atoms with Crippen LogP contribution in [0.25, 0.3) is 11.1 Å². The first kappa shape index (κ1) is 24.1. The maximum absolute atomic E-state index is 13.5. The first-order valence-corrected chi connectivity index (χ1v) is 11.1. The Morgan fingerprint density at radius 1 is 0.909 bits per heavy atom. The molecule has 2 amide bonds. The minimum absolute atomic E-state index is 0.0801. The summed E-state index contributed by atoms with van der Waals surface area (Å²) in [6.07, 6.45) is 2.30. The Bertz CT molecular complexity index is 1060. The fourth-order valence-electron chi connectivity index (χ4n) is 4.19. The zero-order chi connectivity index (χ0) is 24.0. The van der Waals surface area contributed by atoms with Gasteiger partial charge in [-0.1, -0.05) is 43.2 Å². The molecule has 0 spiro atoms. The van der Waals surface area contributed by atoms with E-state index in [1.54, 1.807) is 24.3 Å². The molecule has 0 radical (unpaired) electrons. The lowest BCUT2D eigenvalue weighted by Gasteiger charge is -2.30. The van der Waals surface area contributed by atoms with Gasteiger partial charge in [0.25, 0.3) is 5.91 Å². The number of aliphatic hydroxyl groups is 1. The van der Waals surface area contributed by atoms with Crippen molar-refractivity contribution in [1.82, 2.24) is 4.90 Å². The maximum atomic E-state index is 13.5. The molecule has 0 saturated carbocycles. The Kier molecular flexibility index (Phi) is 7.95. The quantitative estimate of drug-likeness (QED) is 0.361. The van der Waals surface area contributed by atoms with Gasteiger partial charge in [0.1, 0.15) is 6.04 Å². The number of nitrogens with zero attached hydrogens (tertiary/aromatic N) is 1. The van der Waals surface area contributed by atoms with Crippen LogP contribution in [0.1, 0.15) is 64.8 Å². The molecule has 0 aliphatic heterocycles. The van der Waals surface area contributed by atoms with Crippen molar-refractivity contribution in [2.24, 2.45) is 5.73 Å². The van der Waals surface area contributed by atoms with Crippen molar-refractivity contribution in [1.29, 1.82) is 0 Å². The Balaban J connectivity index is 1.88. The molecule has 2 aromatic rings. The first-order chi connectivity index (χ1) is 15.8. The molecule has 0 heterocycles. The molecule has 1 atom stereocenters. The zero-order valence-corrected chi connectivity index (χ0v) is 18.3. The fourth-order valence-corrected chi connectivity index (χ4v) is 4.19. The molecule has 8 heteroatoms. The van der Waals surface area contributed by atoms with Gasteiger partial charge in [0.05, 0.1) is 0 Å². The van der Waals surface area contributed by atoms with Crippen LogP contribution in [-0.4, -0.2) is 57.9 Å². The van der Waals surface area contributed by atoms with E-state index in [2.05, 4.69) is 0 Å². The molecule has 8 nitrogen and oxygen atoms in total. The molecule has 0 aromatic heterocycles. The molecule has 0 unspecified atom stereocenters. The maximum Gasteiger partial charge on any atom is 0.303 e. The number of aliphatic hydroxyl groups excluding tert-OH is 1. The monoisotopic (exact) mass is 452 g/mol. The van der Waals surface area contributed by atoms with Crippen LogP contribution in [0.15, 0.2) is 42.5 Å². The van der Waals surface area contributed by atoms with E-state index in [0.717, 1.165) is 24.0 Å². The third-order valence-corrected chi connectivity index (χ3v) is 5.88. The average Bonchev–Trinajstić information content (AvgIpc) is 3.08. The van der Waals surface area contributed by atoms with Gasteiger partial charge >= 0.3 is 5.97 Å². The third kappa shape index (κ3) is 5.46. The van der Waals surface area contributed by atoms with E-state index in [1.807, 2.05) is 12.1 Å². The lowest BCUT2D eigenvalue weighted by atomic mass is 10.0. The van der Waals surface area contributed by atoms with Crippen LogP contribution in [0.4, 0.5) is 0 Å². The van der Waals surface area contributed by atoms with E-state index >= 15 is 0 Å². The summed E-state index contributed by atoms with van der Waals surface area (Å²) in [5.74, 6) is -2.50. The number of aliphatic carboxylic acids is 1. The summed E-state index contributed by atoms with van der Waals surface area (Å²) in [5.41, 5.74) is 8.35. The van der Waals surface area contributed by atoms with E-state index in [9.17, 15) is 19.2 Å². The number of nitrogens with two attached hydrogens (primary N) is 1. The highest BCUT2D eigenvalue weighted by Crippen LogP contribution is 2.37. The summed E-state index contributed by atoms with van der Waals surface area (Å²) in [4.78, 5) is 50.8. The lowest BCUT2D eigenvalue weighted by Crippen LogP contribution is -2.48. The van der Waals surface area contributed by atoms with Crippen LogP contribution in [0.5, 0.6) is 0 Å². The van der Waals surface area contributed by atoms with Gasteiger partial charge < -0.3 is 20.8 Å². The molecule has 1 aliphatic rings. The van der Waals surface area contributed by atoms with Gasteiger partial charge in [-0.25, -0.2) is 0 Å². The Hall–Kier alpha value is -3.52. The molecule has 4 N–H and O–H groups in total. The van der Waals surface area contributed by atoms with Crippen molar-refractivity contribution in [3.8, 4) is 11.1 Å². The van der Waals surface area contributed by atoms with Crippen LogP contribution in [0.2, 0.25) is 0 Å². The Labute approximate surface area is 192 Å². The molecule has 174 valence electrons. The van der Waals surface area contributed by atoms with Crippen LogP contribution < -0.4 is 5.73 Å². The fraction of sp³-hybridized carbons (Fsp3) is 0.360. The summed E-state index contributed by atoms with van der Waals surface area (Å²) in [7, 11) is 0. The average molecular weight is 453 g/mol. The Morgan fingerprint density at radius 3 is 2.24 bits per heavy atom. The van der Waals surface area contributed by atoms with Gasteiger partial charge in [0, 0.05) is 36.3 Å². The largest absolute Gasteiger partial charge is 0.481 e. The highest BCUT2D eigenvalue weighted by molar-refractivity contribution is 6.22. The summed E-state index contributed by atoms with van der Waals surface area (Å²) in [5, 5.41) is 18.0. The van der Waals surface area contributed by atoms with Gasteiger partial charge in [0.15, 0.2) is 5.78 Å². The lowest BCUT2D eigenvalue weighted by molar-refractivity contribution is -0.137. The van der Waals surface area contributed by atoms with Gasteiger partial charge in [0.2, 0.25) is 5.91 Å². The smallest absolute Gasteiger partial charge is 0.303 e. The second-order valence-electron chi connectivity index (χ2n) is 8.12. The number of hydrogen-bond acceptors (Lipinski definition) is 5. The predicted molar refractivity (Wildman–Crippen MR) is 122 cm³/mol. The van der Waals surface area contributed by atoms with Gasteiger partial charge in [-0.15, -0.1) is 0 Å². The van der Waals surface area contributed by atoms with Gasteiger partial charge in [-0.3, -0.25) is 19.2 Å². The van der Waals surface area contributed by atoms with Crippen molar-refractivity contribution in [3.05, 3.63) is 59.2 Å². The van der Waals surface area contributed by atoms with E-state index in [4.69, 9.17) is 15.9 Å². The normalized spacial score (nSPS) is 12.7. The second-order valence-corrected chi connectivity index (χ2v) is 8.12. The highest BCUT2D eigenvalue weighted by Gasteiger charge is 2.31. The van der Waals surface area contributed by atoms with E-state index < -0.39 is 23.8 Å². The number of carbonyl (C=O) groups is 4. The number of ketones is 1. The summed E-state index contributed by atoms with van der Waals surface area (Å²) < 4.78 is 0. The molecule has 3 rings (SSSR count). The van der Waals surface area contributed by atoms with Gasteiger partial charge in [-0.05, 0) is 42.5 Å². The number of carboxylic acid groups (broad SMARTS) is 1. The number of amides is 2. The van der Waals surface area contributed by atoms with Crippen LogP contribution in [-0.2, 0) is 9.59 Å². The standard InChI is InChI=1S/C25H28N2O6/c26-24(32)21(11-12-22(29)30)27(13-5-1-2-6-14-28)25(33)16-9-10-18-17-7-3-4-8-19(17)23(31)20(18)15-16/h3-4,7-10,15,21,28H,1-2,5-6,11-14H2,(H2,26,32)(H,29,30)/t21-/m0/s1. The second kappa shape index (κ2) is 10.9. The number of carbonyl (C=O) groups excluding carboxylic acids is 3. The van der Waals surface area contributed by atoms with Crippen molar-refractivity contribution in [2.45, 2.75) is 44.6 Å². The number of unbranched alkanes of at least 4 members (excludes halogenated alkanes) is 3. The molecule has 33 heavy (non-hydrogen) atoms. The number of primary amides is 1. The topological polar surface area (TPSA) is 138 Å². The van der Waals surface area contributed by atoms with Crippen molar-refractivity contribution in [3.63, 3.8) is 0 Å². The molecule has 0 fully saturated rings. The van der Waals surface area contributed by atoms with E-state index in [-0.39, 0.29) is 37.3 Å². The van der Waals surface area contributed by atoms with Crippen LogP contribution >= 0.6 is 0 Å². The van der Waals surface area contributed by atoms with E-state index in [1.165, 1.54) is 11.0 Å². The van der Waals surface area contributed by atoms with Crippen molar-refractivity contribution in [2.75, 3.05) is 13.2 Å². The molecular weight excluding hydrogens is 424 g/mol. The number of rotatable bonds is 12. The number of carboxylic acids is 1. The Morgan fingerprint density at radius 2 is 1.58 bits per heavy atom. The minimum atomic E-state index is -1.09. The molecule has 0 saturated heterocycles. The SMILES string of the molecule is NC(=O)[C@H](CCC(=O)O)N(CCCCCCO)C(=O)c1ccc2c(c1)C(=O)c1ccccc1-2. The summed E-state index contributed by atoms with van der Waals surface area (Å²) in [6.45, 7) is 0.291. The van der Waals surface area contributed by atoms with Gasteiger partial charge in [-0.2, -0.15) is 0 Å². The molecule has 1 aliphatic carbocycles. The number of hydrogen-bond donors (Lipinski definition) is 3. The summed E-state index contributed by atoms with van der Waals surface area (Å²) in [6, 6.07) is 11.0. The summed E-state index contributed by atoms with van der Waals surface area (Å²) >= 11 is 0. The first-order valence-electron chi connectivity index (χ1n) is 11.1. The van der Waals surface area contributed by atoms with E-state index in [0.29, 0.717) is 24.0 Å².